The fraction of sp³-hybridized carbons (Fsp3) is 0.250. The molecule has 1 aromatic carbocycles. The molecule has 0 saturated carbocycles. The second-order valence-electron chi connectivity index (χ2n) is 2.88. The molecule has 90 valence electrons. The smallest absolute Gasteiger partial charge is 0.768 e. The molecule has 0 fully saturated rings. The average Bonchev–Trinajstić information content (AvgIpc) is 2.20. The maximum absolute atomic E-state index is 13.3. The van der Waals surface area contributed by atoms with Crippen LogP contribution in [0.1, 0.15) is 6.92 Å². The summed E-state index contributed by atoms with van der Waals surface area (Å²) in [7, 11) is -3.57. The average molecular weight is 289 g/mol. The zero-order chi connectivity index (χ0) is 12.3. The Morgan fingerprint density at radius 1 is 1.47 bits per heavy atom. The number of rotatable bonds is 4. The van der Waals surface area contributed by atoms with Gasteiger partial charge < -0.3 is 4.55 Å². The molecule has 0 aliphatic carbocycles. The summed E-state index contributed by atoms with van der Waals surface area (Å²) in [6, 6.07) is 2.92. The Balaban J connectivity index is 0.00000256. The summed E-state index contributed by atoms with van der Waals surface area (Å²) in [5.41, 5.74) is -0.268. The van der Waals surface area contributed by atoms with Gasteiger partial charge in [-0.1, -0.05) is 0 Å². The summed E-state index contributed by atoms with van der Waals surface area (Å²) >= 11 is -2.54. The molecule has 0 aliphatic heterocycles. The van der Waals surface area contributed by atoms with Crippen LogP contribution in [0.2, 0.25) is 0 Å². The molecule has 0 radical (unpaired) electrons. The third kappa shape index (κ3) is 5.02. The summed E-state index contributed by atoms with van der Waals surface area (Å²) < 4.78 is 58.6. The van der Waals surface area contributed by atoms with Gasteiger partial charge >= 0.3 is 29.6 Å². The van der Waals surface area contributed by atoms with Crippen LogP contribution in [0.4, 0.5) is 10.1 Å². The maximum atomic E-state index is 13.3. The SMILES string of the molecule is CCS(=O)(=O)Nc1ccc(S(=O)[O-])cc1F.[Na+]. The Hall–Kier alpha value is 0.01000. The fourth-order valence-corrected chi connectivity index (χ4v) is 1.95. The Morgan fingerprint density at radius 3 is 2.47 bits per heavy atom. The van der Waals surface area contributed by atoms with E-state index in [0.717, 1.165) is 18.2 Å². The van der Waals surface area contributed by atoms with E-state index in [2.05, 4.69) is 0 Å². The van der Waals surface area contributed by atoms with Crippen LogP contribution >= 0.6 is 0 Å². The van der Waals surface area contributed by atoms with Crippen molar-refractivity contribution in [3.05, 3.63) is 24.0 Å². The largest absolute Gasteiger partial charge is 1.00 e. The van der Waals surface area contributed by atoms with Crippen molar-refractivity contribution in [3.63, 3.8) is 0 Å². The first-order valence-corrected chi connectivity index (χ1v) is 6.97. The molecule has 1 aromatic rings. The third-order valence-corrected chi connectivity index (χ3v) is 3.71. The van der Waals surface area contributed by atoms with Gasteiger partial charge in [0.1, 0.15) is 5.82 Å². The van der Waals surface area contributed by atoms with Gasteiger partial charge in [0.25, 0.3) is 0 Å². The molecule has 5 nitrogen and oxygen atoms in total. The predicted molar refractivity (Wildman–Crippen MR) is 56.7 cm³/mol. The van der Waals surface area contributed by atoms with E-state index >= 15 is 0 Å². The van der Waals surface area contributed by atoms with Gasteiger partial charge in [0.2, 0.25) is 10.0 Å². The van der Waals surface area contributed by atoms with Crippen LogP contribution in [0.3, 0.4) is 0 Å². The van der Waals surface area contributed by atoms with Crippen LogP contribution < -0.4 is 34.3 Å². The number of nitrogens with one attached hydrogen (secondary N) is 1. The van der Waals surface area contributed by atoms with Gasteiger partial charge in [-0.3, -0.25) is 8.93 Å². The van der Waals surface area contributed by atoms with E-state index in [0.29, 0.717) is 0 Å². The molecule has 1 atom stereocenters. The van der Waals surface area contributed by atoms with E-state index in [4.69, 9.17) is 0 Å². The van der Waals surface area contributed by atoms with Gasteiger partial charge in [0.05, 0.1) is 11.4 Å². The number of hydrogen-bond acceptors (Lipinski definition) is 4. The van der Waals surface area contributed by atoms with Crippen molar-refractivity contribution < 1.29 is 51.1 Å². The monoisotopic (exact) mass is 289 g/mol. The van der Waals surface area contributed by atoms with Crippen molar-refractivity contribution in [1.82, 2.24) is 0 Å². The van der Waals surface area contributed by atoms with Crippen molar-refractivity contribution in [1.29, 1.82) is 0 Å². The van der Waals surface area contributed by atoms with E-state index in [1.165, 1.54) is 6.92 Å². The summed E-state index contributed by atoms with van der Waals surface area (Å²) in [5, 5.41) is 0. The Kier molecular flexibility index (Phi) is 6.82. The topological polar surface area (TPSA) is 86.3 Å². The van der Waals surface area contributed by atoms with Gasteiger partial charge in [-0.15, -0.1) is 0 Å². The molecule has 0 saturated heterocycles. The molecule has 0 heterocycles. The molecular weight excluding hydrogens is 280 g/mol. The van der Waals surface area contributed by atoms with Crippen LogP contribution in [0.15, 0.2) is 23.1 Å². The molecule has 0 spiro atoms. The number of halogens is 1. The first kappa shape index (κ1) is 17.0. The number of hydrogen-bond donors (Lipinski definition) is 1. The minimum absolute atomic E-state index is 0. The second kappa shape index (κ2) is 6.81. The van der Waals surface area contributed by atoms with Gasteiger partial charge in [-0.25, -0.2) is 12.8 Å². The van der Waals surface area contributed by atoms with E-state index in [1.807, 2.05) is 4.72 Å². The van der Waals surface area contributed by atoms with Crippen LogP contribution in [0.25, 0.3) is 0 Å². The molecule has 9 heteroatoms. The van der Waals surface area contributed by atoms with Crippen molar-refractivity contribution in [3.8, 4) is 0 Å². The Labute approximate surface area is 123 Å². The molecule has 0 aliphatic rings. The van der Waals surface area contributed by atoms with E-state index in [1.54, 1.807) is 0 Å². The number of benzene rings is 1. The van der Waals surface area contributed by atoms with Crippen molar-refractivity contribution in [2.45, 2.75) is 11.8 Å². The minimum atomic E-state index is -3.57. The first-order valence-electron chi connectivity index (χ1n) is 4.25. The molecule has 17 heavy (non-hydrogen) atoms. The summed E-state index contributed by atoms with van der Waals surface area (Å²) in [6.45, 7) is 1.40. The summed E-state index contributed by atoms with van der Waals surface area (Å²) in [6.07, 6.45) is 0. The van der Waals surface area contributed by atoms with Gasteiger partial charge in [0.15, 0.2) is 0 Å². The third-order valence-electron chi connectivity index (χ3n) is 1.78. The van der Waals surface area contributed by atoms with E-state index in [9.17, 15) is 21.6 Å². The Bertz CT molecular complexity index is 520. The normalized spacial score (nSPS) is 12.6. The van der Waals surface area contributed by atoms with Gasteiger partial charge in [-0.05, 0) is 36.2 Å². The molecule has 0 bridgehead atoms. The minimum Gasteiger partial charge on any atom is -0.768 e. The molecule has 0 aromatic heterocycles. The van der Waals surface area contributed by atoms with E-state index in [-0.39, 0.29) is 45.9 Å². The second-order valence-corrected chi connectivity index (χ2v) is 5.83. The van der Waals surface area contributed by atoms with Gasteiger partial charge in [0, 0.05) is 4.90 Å². The maximum Gasteiger partial charge on any atom is 1.00 e. The number of sulfonamides is 1. The van der Waals surface area contributed by atoms with Crippen LogP contribution in [-0.2, 0) is 21.1 Å². The summed E-state index contributed by atoms with van der Waals surface area (Å²) in [5.74, 6) is -1.12. The zero-order valence-corrected chi connectivity index (χ0v) is 12.9. The molecule has 1 rings (SSSR count). The molecule has 0 amide bonds. The van der Waals surface area contributed by atoms with Crippen molar-refractivity contribution in [2.24, 2.45) is 0 Å². The first-order chi connectivity index (χ1) is 7.35. The van der Waals surface area contributed by atoms with Gasteiger partial charge in [-0.2, -0.15) is 0 Å². The standard InChI is InChI=1S/C8H10FNO4S2.Na/c1-2-16(13,14)10-8-4-3-6(15(11)12)5-7(8)9;/h3-5,10H,2H2,1H3,(H,11,12);/q;+1/p-1. The van der Waals surface area contributed by atoms with Crippen molar-refractivity contribution in [2.75, 3.05) is 10.5 Å². The fourth-order valence-electron chi connectivity index (χ4n) is 0.922. The molecule has 1 unspecified atom stereocenters. The summed E-state index contributed by atoms with van der Waals surface area (Å²) in [4.78, 5) is -0.239. The molecule has 1 N–H and O–H groups in total. The van der Waals surface area contributed by atoms with Crippen molar-refractivity contribution >= 4 is 26.8 Å². The Morgan fingerprint density at radius 2 is 2.06 bits per heavy atom. The van der Waals surface area contributed by atoms with Crippen LogP contribution in [0, 0.1) is 5.82 Å². The molecular formula is C8H9FNNaO4S2. The quantitative estimate of drug-likeness (QED) is 0.505. The van der Waals surface area contributed by atoms with Crippen LogP contribution in [0.5, 0.6) is 0 Å². The van der Waals surface area contributed by atoms with E-state index < -0.39 is 26.9 Å². The predicted octanol–water partition coefficient (Wildman–Crippen LogP) is -2.17. The van der Waals surface area contributed by atoms with Crippen LogP contribution in [-0.4, -0.2) is 22.9 Å². The zero-order valence-electron chi connectivity index (χ0n) is 9.27. The number of anilines is 1.